The Labute approximate surface area is 128 Å². The van der Waals surface area contributed by atoms with Crippen molar-refractivity contribution in [2.75, 3.05) is 6.61 Å². The smallest absolute Gasteiger partial charge is 0.228 e. The van der Waals surface area contributed by atoms with E-state index in [0.717, 1.165) is 11.1 Å². The molecule has 0 amide bonds. The molecule has 1 aliphatic rings. The van der Waals surface area contributed by atoms with Crippen molar-refractivity contribution in [3.63, 3.8) is 0 Å². The maximum Gasteiger partial charge on any atom is 0.228 e. The van der Waals surface area contributed by atoms with E-state index in [4.69, 9.17) is 9.47 Å². The zero-order chi connectivity index (χ0) is 15.5. The molecule has 5 nitrogen and oxygen atoms in total. The molecular formula is C17H18O5. The van der Waals surface area contributed by atoms with Crippen LogP contribution in [-0.2, 0) is 4.74 Å². The van der Waals surface area contributed by atoms with Crippen LogP contribution in [0.25, 0.3) is 11.1 Å². The molecule has 0 saturated carbocycles. The fourth-order valence-corrected chi connectivity index (χ4v) is 2.37. The zero-order valence-electron chi connectivity index (χ0n) is 11.9. The van der Waals surface area contributed by atoms with Gasteiger partial charge in [0.15, 0.2) is 0 Å². The maximum absolute atomic E-state index is 9.84. The molecule has 5 heteroatoms. The summed E-state index contributed by atoms with van der Waals surface area (Å²) >= 11 is 0. The fraction of sp³-hybridized carbons (Fsp3) is 0.294. The van der Waals surface area contributed by atoms with Crippen LogP contribution in [0.1, 0.15) is 0 Å². The highest BCUT2D eigenvalue weighted by atomic mass is 16.7. The first-order chi connectivity index (χ1) is 10.6. The fourth-order valence-electron chi connectivity index (χ4n) is 2.37. The van der Waals surface area contributed by atoms with Gasteiger partial charge in [-0.2, -0.15) is 0 Å². The first kappa shape index (κ1) is 15.0. The summed E-state index contributed by atoms with van der Waals surface area (Å²) in [6.07, 6.45) is -4.67. The lowest BCUT2D eigenvalue weighted by Crippen LogP contribution is -2.54. The number of benzene rings is 2. The first-order valence-corrected chi connectivity index (χ1v) is 7.13. The third-order valence-corrected chi connectivity index (χ3v) is 3.67. The molecule has 2 aromatic carbocycles. The van der Waals surface area contributed by atoms with Crippen molar-refractivity contribution in [3.05, 3.63) is 54.6 Å². The van der Waals surface area contributed by atoms with Crippen LogP contribution in [0.3, 0.4) is 0 Å². The highest BCUT2D eigenvalue weighted by molar-refractivity contribution is 5.63. The van der Waals surface area contributed by atoms with Crippen LogP contribution in [0, 0.1) is 0 Å². The van der Waals surface area contributed by atoms with Gasteiger partial charge in [-0.3, -0.25) is 0 Å². The molecule has 1 heterocycles. The number of hydrogen-bond donors (Lipinski definition) is 3. The van der Waals surface area contributed by atoms with Gasteiger partial charge in [0.1, 0.15) is 24.1 Å². The lowest BCUT2D eigenvalue weighted by atomic mass is 10.1. The molecule has 3 rings (SSSR count). The van der Waals surface area contributed by atoms with Crippen molar-refractivity contribution in [1.29, 1.82) is 0 Å². The van der Waals surface area contributed by atoms with Crippen molar-refractivity contribution in [2.45, 2.75) is 24.6 Å². The molecular weight excluding hydrogens is 284 g/mol. The Morgan fingerprint density at radius 1 is 0.818 bits per heavy atom. The average molecular weight is 302 g/mol. The third kappa shape index (κ3) is 3.13. The largest absolute Gasteiger partial charge is 0.462 e. The standard InChI is InChI=1S/C17H18O5/c18-14-10-21-17(16(20)15(14)19)22-13-8-6-12(7-9-13)11-4-2-1-3-5-11/h1-9,14-20H,10H2. The second kappa shape index (κ2) is 6.46. The number of hydrogen-bond acceptors (Lipinski definition) is 5. The SMILES string of the molecule is OC1COC(Oc2ccc(-c3ccccc3)cc2)C(O)C1O. The van der Waals surface area contributed by atoms with E-state index in [-0.39, 0.29) is 6.61 Å². The predicted octanol–water partition coefficient (Wildman–Crippen LogP) is 1.17. The molecule has 0 bridgehead atoms. The lowest BCUT2D eigenvalue weighted by molar-refractivity contribution is -0.242. The quantitative estimate of drug-likeness (QED) is 0.793. The van der Waals surface area contributed by atoms with Crippen molar-refractivity contribution in [2.24, 2.45) is 0 Å². The highest BCUT2D eigenvalue weighted by Crippen LogP contribution is 2.24. The minimum Gasteiger partial charge on any atom is -0.462 e. The van der Waals surface area contributed by atoms with Crippen molar-refractivity contribution in [3.8, 4) is 16.9 Å². The van der Waals surface area contributed by atoms with E-state index in [9.17, 15) is 15.3 Å². The highest BCUT2D eigenvalue weighted by Gasteiger charge is 2.38. The lowest BCUT2D eigenvalue weighted by Gasteiger charge is -2.34. The predicted molar refractivity (Wildman–Crippen MR) is 80.3 cm³/mol. The van der Waals surface area contributed by atoms with Crippen LogP contribution in [0.2, 0.25) is 0 Å². The molecule has 22 heavy (non-hydrogen) atoms. The van der Waals surface area contributed by atoms with Crippen LogP contribution in [-0.4, -0.2) is 46.5 Å². The van der Waals surface area contributed by atoms with Crippen LogP contribution >= 0.6 is 0 Å². The maximum atomic E-state index is 9.84. The van der Waals surface area contributed by atoms with E-state index in [1.807, 2.05) is 42.5 Å². The van der Waals surface area contributed by atoms with Gasteiger partial charge in [-0.05, 0) is 23.3 Å². The number of rotatable bonds is 3. The minimum absolute atomic E-state index is 0.0784. The second-order valence-corrected chi connectivity index (χ2v) is 5.26. The van der Waals surface area contributed by atoms with Gasteiger partial charge < -0.3 is 24.8 Å². The topological polar surface area (TPSA) is 79.2 Å². The summed E-state index contributed by atoms with van der Waals surface area (Å²) in [7, 11) is 0. The molecule has 1 saturated heterocycles. The normalized spacial score (nSPS) is 28.3. The first-order valence-electron chi connectivity index (χ1n) is 7.13. The Morgan fingerprint density at radius 3 is 2.14 bits per heavy atom. The molecule has 116 valence electrons. The molecule has 0 radical (unpaired) electrons. The van der Waals surface area contributed by atoms with Gasteiger partial charge >= 0.3 is 0 Å². The van der Waals surface area contributed by atoms with Crippen LogP contribution in [0.4, 0.5) is 0 Å². The van der Waals surface area contributed by atoms with Gasteiger partial charge in [-0.25, -0.2) is 0 Å². The molecule has 0 spiro atoms. The summed E-state index contributed by atoms with van der Waals surface area (Å²) in [6, 6.07) is 17.3. The number of aliphatic hydroxyl groups excluding tert-OH is 3. The summed E-state index contributed by atoms with van der Waals surface area (Å²) in [5, 5.41) is 28.9. The van der Waals surface area contributed by atoms with Crippen LogP contribution in [0.15, 0.2) is 54.6 Å². The summed E-state index contributed by atoms with van der Waals surface area (Å²) in [4.78, 5) is 0. The Morgan fingerprint density at radius 2 is 1.45 bits per heavy atom. The molecule has 2 aromatic rings. The molecule has 4 atom stereocenters. The minimum atomic E-state index is -1.29. The van der Waals surface area contributed by atoms with E-state index < -0.39 is 24.6 Å². The average Bonchev–Trinajstić information content (AvgIpc) is 2.57. The van der Waals surface area contributed by atoms with Gasteiger partial charge in [0.05, 0.1) is 6.61 Å². The monoisotopic (exact) mass is 302 g/mol. The molecule has 0 aliphatic carbocycles. The summed E-state index contributed by atoms with van der Waals surface area (Å²) in [5.74, 6) is 0.521. The van der Waals surface area contributed by atoms with E-state index in [0.29, 0.717) is 5.75 Å². The molecule has 1 fully saturated rings. The summed E-state index contributed by atoms with van der Waals surface area (Å²) in [6.45, 7) is -0.0784. The molecule has 3 N–H and O–H groups in total. The van der Waals surface area contributed by atoms with Crippen molar-refractivity contribution < 1.29 is 24.8 Å². The van der Waals surface area contributed by atoms with Gasteiger partial charge in [0.2, 0.25) is 6.29 Å². The van der Waals surface area contributed by atoms with E-state index >= 15 is 0 Å². The van der Waals surface area contributed by atoms with Crippen molar-refractivity contribution in [1.82, 2.24) is 0 Å². The molecule has 0 aromatic heterocycles. The third-order valence-electron chi connectivity index (χ3n) is 3.67. The summed E-state index contributed by atoms with van der Waals surface area (Å²) in [5.41, 5.74) is 2.15. The Balaban J connectivity index is 1.69. The van der Waals surface area contributed by atoms with Crippen LogP contribution in [0.5, 0.6) is 5.75 Å². The van der Waals surface area contributed by atoms with E-state index in [1.54, 1.807) is 12.1 Å². The zero-order valence-corrected chi connectivity index (χ0v) is 11.9. The van der Waals surface area contributed by atoms with Gasteiger partial charge in [-0.15, -0.1) is 0 Å². The Hall–Kier alpha value is -1.92. The second-order valence-electron chi connectivity index (χ2n) is 5.26. The number of aliphatic hydroxyl groups is 3. The van der Waals surface area contributed by atoms with Gasteiger partial charge in [0.25, 0.3) is 0 Å². The molecule has 1 aliphatic heterocycles. The Kier molecular flexibility index (Phi) is 4.40. The summed E-state index contributed by atoms with van der Waals surface area (Å²) < 4.78 is 10.7. The van der Waals surface area contributed by atoms with Crippen molar-refractivity contribution >= 4 is 0 Å². The van der Waals surface area contributed by atoms with E-state index in [2.05, 4.69) is 0 Å². The Bertz CT molecular complexity index is 598. The molecule has 4 unspecified atom stereocenters. The van der Waals surface area contributed by atoms with Crippen LogP contribution < -0.4 is 4.74 Å². The van der Waals surface area contributed by atoms with Gasteiger partial charge in [0, 0.05) is 0 Å². The number of ether oxygens (including phenoxy) is 2. The van der Waals surface area contributed by atoms with E-state index in [1.165, 1.54) is 0 Å². The van der Waals surface area contributed by atoms with Gasteiger partial charge in [-0.1, -0.05) is 42.5 Å².